The first kappa shape index (κ1) is 18.8. The normalized spacial score (nSPS) is 12.5. The topological polar surface area (TPSA) is 94.1 Å². The number of hydrogen-bond acceptors (Lipinski definition) is 5. The Kier molecular flexibility index (Phi) is 5.13. The van der Waals surface area contributed by atoms with Crippen molar-refractivity contribution < 1.29 is 9.50 Å². The van der Waals surface area contributed by atoms with E-state index in [-0.39, 0.29) is 30.4 Å². The molecule has 1 atom stereocenters. The number of aryl methyl sites for hydroxylation is 1. The molecule has 2 N–H and O–H groups in total. The van der Waals surface area contributed by atoms with Crippen molar-refractivity contribution in [2.24, 2.45) is 14.1 Å². The summed E-state index contributed by atoms with van der Waals surface area (Å²) in [6.45, 7) is 1.92. The first-order valence-electron chi connectivity index (χ1n) is 8.62. The van der Waals surface area contributed by atoms with Gasteiger partial charge in [-0.05, 0) is 19.4 Å². The first-order chi connectivity index (χ1) is 12.8. The molecule has 0 saturated carbocycles. The smallest absolute Gasteiger partial charge is 0.332 e. The Morgan fingerprint density at radius 1 is 1.22 bits per heavy atom. The zero-order chi connectivity index (χ0) is 19.7. The van der Waals surface area contributed by atoms with Crippen molar-refractivity contribution in [3.8, 4) is 0 Å². The maximum absolute atomic E-state index is 14.2. The van der Waals surface area contributed by atoms with Gasteiger partial charge in [-0.1, -0.05) is 18.2 Å². The molecule has 0 amide bonds. The van der Waals surface area contributed by atoms with Crippen molar-refractivity contribution in [3.63, 3.8) is 0 Å². The largest absolute Gasteiger partial charge is 0.396 e. The van der Waals surface area contributed by atoms with E-state index in [0.717, 1.165) is 4.57 Å². The molecule has 0 unspecified atom stereocenters. The number of anilines is 1. The van der Waals surface area contributed by atoms with Crippen LogP contribution in [-0.4, -0.2) is 36.4 Å². The van der Waals surface area contributed by atoms with Gasteiger partial charge >= 0.3 is 5.69 Å². The molecule has 0 aliphatic carbocycles. The number of imidazole rings is 1. The van der Waals surface area contributed by atoms with Crippen LogP contribution in [0.25, 0.3) is 11.2 Å². The highest BCUT2D eigenvalue weighted by Crippen LogP contribution is 2.20. The maximum Gasteiger partial charge on any atom is 0.332 e. The lowest BCUT2D eigenvalue weighted by Crippen LogP contribution is -2.37. The number of benzene rings is 1. The summed E-state index contributed by atoms with van der Waals surface area (Å²) in [7, 11) is 2.93. The lowest BCUT2D eigenvalue weighted by Gasteiger charge is -2.15. The van der Waals surface area contributed by atoms with E-state index in [9.17, 15) is 14.0 Å². The Labute approximate surface area is 154 Å². The lowest BCUT2D eigenvalue weighted by molar-refractivity contribution is 0.282. The second-order valence-electron chi connectivity index (χ2n) is 6.55. The number of aromatic nitrogens is 4. The molecular weight excluding hydrogens is 353 g/mol. The predicted molar refractivity (Wildman–Crippen MR) is 101 cm³/mol. The second-order valence-corrected chi connectivity index (χ2v) is 6.55. The Morgan fingerprint density at radius 2 is 1.93 bits per heavy atom. The zero-order valence-corrected chi connectivity index (χ0v) is 15.4. The average Bonchev–Trinajstić information content (AvgIpc) is 2.98. The number of nitrogens with one attached hydrogen (secondary N) is 1. The number of halogens is 1. The van der Waals surface area contributed by atoms with Gasteiger partial charge in [0, 0.05) is 32.3 Å². The molecule has 2 aromatic heterocycles. The molecule has 0 aliphatic heterocycles. The Balaban J connectivity index is 2.25. The lowest BCUT2D eigenvalue weighted by atomic mass is 10.2. The quantitative estimate of drug-likeness (QED) is 0.665. The van der Waals surface area contributed by atoms with Gasteiger partial charge in [-0.3, -0.25) is 18.5 Å². The minimum Gasteiger partial charge on any atom is -0.396 e. The van der Waals surface area contributed by atoms with Gasteiger partial charge < -0.3 is 10.4 Å². The third-order valence-corrected chi connectivity index (χ3v) is 4.57. The summed E-state index contributed by atoms with van der Waals surface area (Å²) >= 11 is 0. The van der Waals surface area contributed by atoms with E-state index < -0.39 is 17.1 Å². The van der Waals surface area contributed by atoms with Gasteiger partial charge in [0.05, 0.1) is 6.54 Å². The predicted octanol–water partition coefficient (Wildman–Crippen LogP) is 0.804. The van der Waals surface area contributed by atoms with Gasteiger partial charge in [0.15, 0.2) is 11.2 Å². The van der Waals surface area contributed by atoms with Crippen LogP contribution in [0.4, 0.5) is 10.3 Å². The van der Waals surface area contributed by atoms with Crippen LogP contribution in [0.3, 0.4) is 0 Å². The number of fused-ring (bicyclic) bond motifs is 1. The van der Waals surface area contributed by atoms with Gasteiger partial charge in [-0.25, -0.2) is 9.18 Å². The Hall–Kier alpha value is -2.94. The average molecular weight is 375 g/mol. The third kappa shape index (κ3) is 3.37. The molecule has 0 saturated heterocycles. The van der Waals surface area contributed by atoms with E-state index in [1.165, 1.54) is 24.7 Å². The van der Waals surface area contributed by atoms with Crippen molar-refractivity contribution >= 4 is 17.1 Å². The molecule has 9 heteroatoms. The molecule has 144 valence electrons. The van der Waals surface area contributed by atoms with Gasteiger partial charge in [0.2, 0.25) is 5.95 Å². The molecule has 0 radical (unpaired) electrons. The summed E-state index contributed by atoms with van der Waals surface area (Å²) in [6.07, 6.45) is 0.472. The second kappa shape index (κ2) is 7.36. The molecule has 1 aromatic carbocycles. The Morgan fingerprint density at radius 3 is 2.59 bits per heavy atom. The molecule has 3 aromatic rings. The van der Waals surface area contributed by atoms with Crippen LogP contribution in [0.15, 0.2) is 33.9 Å². The number of rotatable bonds is 6. The third-order valence-electron chi connectivity index (χ3n) is 4.57. The van der Waals surface area contributed by atoms with Gasteiger partial charge in [-0.2, -0.15) is 4.98 Å². The van der Waals surface area contributed by atoms with E-state index in [2.05, 4.69) is 10.3 Å². The standard InChI is InChI=1S/C18H22FN5O3/c1-11(8-9-25)20-17-21-15-14(16(26)23(3)18(27)22(15)2)24(17)10-12-6-4-5-7-13(12)19/h4-7,11,25H,8-10H2,1-3H3,(H,20,21)/t11-/m0/s1. The van der Waals surface area contributed by atoms with E-state index in [1.54, 1.807) is 22.8 Å². The van der Waals surface area contributed by atoms with Crippen molar-refractivity contribution in [2.45, 2.75) is 25.9 Å². The number of nitrogens with zero attached hydrogens (tertiary/aromatic N) is 4. The molecular formula is C18H22FN5O3. The summed E-state index contributed by atoms with van der Waals surface area (Å²) in [5, 5.41) is 12.3. The molecule has 0 aliphatic rings. The number of aliphatic hydroxyl groups is 1. The van der Waals surface area contributed by atoms with E-state index in [1.807, 2.05) is 6.92 Å². The number of hydrogen-bond donors (Lipinski definition) is 2. The summed E-state index contributed by atoms with van der Waals surface area (Å²) in [5.74, 6) is -0.0529. The van der Waals surface area contributed by atoms with Gasteiger partial charge in [0.1, 0.15) is 5.82 Å². The highest BCUT2D eigenvalue weighted by atomic mass is 19.1. The highest BCUT2D eigenvalue weighted by Gasteiger charge is 2.21. The van der Waals surface area contributed by atoms with E-state index >= 15 is 0 Å². The van der Waals surface area contributed by atoms with E-state index in [0.29, 0.717) is 17.9 Å². The monoisotopic (exact) mass is 375 g/mol. The molecule has 0 fully saturated rings. The minimum atomic E-state index is -0.500. The Bertz CT molecular complexity index is 1100. The fourth-order valence-corrected chi connectivity index (χ4v) is 2.99. The summed E-state index contributed by atoms with van der Waals surface area (Å²) in [4.78, 5) is 29.4. The van der Waals surface area contributed by atoms with Gasteiger partial charge in [0.25, 0.3) is 5.56 Å². The van der Waals surface area contributed by atoms with Crippen LogP contribution in [-0.2, 0) is 20.6 Å². The summed E-state index contributed by atoms with van der Waals surface area (Å²) in [5.41, 5.74) is -0.164. The van der Waals surface area contributed by atoms with Gasteiger partial charge in [-0.15, -0.1) is 0 Å². The first-order valence-corrected chi connectivity index (χ1v) is 8.62. The van der Waals surface area contributed by atoms with Crippen molar-refractivity contribution in [1.29, 1.82) is 0 Å². The van der Waals surface area contributed by atoms with Crippen LogP contribution >= 0.6 is 0 Å². The molecule has 0 spiro atoms. The summed E-state index contributed by atoms with van der Waals surface area (Å²) < 4.78 is 18.1. The van der Waals surface area contributed by atoms with Crippen LogP contribution in [0.5, 0.6) is 0 Å². The molecule has 27 heavy (non-hydrogen) atoms. The molecule has 3 rings (SSSR count). The van der Waals surface area contributed by atoms with Crippen molar-refractivity contribution in [3.05, 3.63) is 56.5 Å². The van der Waals surface area contributed by atoms with Crippen LogP contribution in [0, 0.1) is 5.82 Å². The van der Waals surface area contributed by atoms with Crippen molar-refractivity contribution in [2.75, 3.05) is 11.9 Å². The fourth-order valence-electron chi connectivity index (χ4n) is 2.99. The molecule has 2 heterocycles. The van der Waals surface area contributed by atoms with E-state index in [4.69, 9.17) is 5.11 Å². The molecule has 8 nitrogen and oxygen atoms in total. The SMILES string of the molecule is C[C@@H](CCO)Nc1nc2c(c(=O)n(C)c(=O)n2C)n1Cc1ccccc1F. The number of aliphatic hydroxyl groups excluding tert-OH is 1. The molecule has 0 bridgehead atoms. The van der Waals surface area contributed by atoms with Crippen LogP contribution in [0.2, 0.25) is 0 Å². The minimum absolute atomic E-state index is 0.0119. The zero-order valence-electron chi connectivity index (χ0n) is 15.4. The van der Waals surface area contributed by atoms with Crippen molar-refractivity contribution in [1.82, 2.24) is 18.7 Å². The highest BCUT2D eigenvalue weighted by molar-refractivity contribution is 5.74. The fraction of sp³-hybridized carbons (Fsp3) is 0.389. The maximum atomic E-state index is 14.2. The summed E-state index contributed by atoms with van der Waals surface area (Å²) in [6, 6.07) is 6.16. The van der Waals surface area contributed by atoms with Crippen LogP contribution in [0.1, 0.15) is 18.9 Å². The van der Waals surface area contributed by atoms with Crippen LogP contribution < -0.4 is 16.6 Å².